The molecule has 1 aliphatic rings. The summed E-state index contributed by atoms with van der Waals surface area (Å²) in [6.07, 6.45) is 0.902. The first-order valence-corrected chi connectivity index (χ1v) is 8.11. The maximum absolute atomic E-state index is 6.06. The molecule has 1 aliphatic heterocycles. The van der Waals surface area contributed by atoms with Crippen LogP contribution >= 0.6 is 27.5 Å². The molecule has 0 radical (unpaired) electrons. The lowest BCUT2D eigenvalue weighted by atomic mass is 9.89. The summed E-state index contributed by atoms with van der Waals surface area (Å²) in [6, 6.07) is 14.2. The maximum atomic E-state index is 6.06. The number of ether oxygens (including phenoxy) is 1. The average molecular weight is 367 g/mol. The molecule has 1 N–H and O–H groups in total. The van der Waals surface area contributed by atoms with Crippen LogP contribution in [0.15, 0.2) is 46.9 Å². The van der Waals surface area contributed by atoms with E-state index in [0.29, 0.717) is 0 Å². The van der Waals surface area contributed by atoms with Gasteiger partial charge in [-0.2, -0.15) is 0 Å². The first kappa shape index (κ1) is 14.7. The van der Waals surface area contributed by atoms with Crippen LogP contribution in [0.2, 0.25) is 5.02 Å². The second kappa shape index (κ2) is 5.54. The van der Waals surface area contributed by atoms with E-state index in [-0.39, 0.29) is 11.6 Å². The minimum absolute atomic E-state index is 0.190. The molecule has 0 aromatic heterocycles. The Bertz CT molecular complexity index is 672. The van der Waals surface area contributed by atoms with Crippen molar-refractivity contribution in [2.24, 2.45) is 0 Å². The molecule has 0 spiro atoms. The Morgan fingerprint density at radius 2 is 2.00 bits per heavy atom. The van der Waals surface area contributed by atoms with Crippen molar-refractivity contribution in [3.63, 3.8) is 0 Å². The number of halogens is 2. The fourth-order valence-corrected chi connectivity index (χ4v) is 3.52. The van der Waals surface area contributed by atoms with Crippen molar-refractivity contribution in [2.45, 2.75) is 31.9 Å². The lowest BCUT2D eigenvalue weighted by Gasteiger charge is -2.38. The summed E-state index contributed by atoms with van der Waals surface area (Å²) in [5.41, 5.74) is 2.04. The number of hydrogen-bond donors (Lipinski definition) is 1. The highest BCUT2D eigenvalue weighted by molar-refractivity contribution is 9.10. The van der Waals surface area contributed by atoms with Crippen molar-refractivity contribution in [3.05, 3.63) is 57.5 Å². The number of nitrogens with one attached hydrogen (secondary N) is 1. The number of benzene rings is 2. The van der Waals surface area contributed by atoms with Crippen LogP contribution in [0.25, 0.3) is 0 Å². The molecule has 0 amide bonds. The summed E-state index contributed by atoms with van der Waals surface area (Å²) in [7, 11) is 0. The second-order valence-corrected chi connectivity index (χ2v) is 7.22. The zero-order chi connectivity index (χ0) is 15.0. The molecule has 21 heavy (non-hydrogen) atoms. The fourth-order valence-electron chi connectivity index (χ4n) is 2.73. The molecule has 1 unspecified atom stereocenters. The monoisotopic (exact) mass is 365 g/mol. The highest BCUT2D eigenvalue weighted by Gasteiger charge is 2.33. The Hall–Kier alpha value is -1.19. The van der Waals surface area contributed by atoms with Gasteiger partial charge in [0, 0.05) is 27.2 Å². The number of rotatable bonds is 2. The van der Waals surface area contributed by atoms with Gasteiger partial charge in [0.25, 0.3) is 0 Å². The Kier molecular flexibility index (Phi) is 3.89. The van der Waals surface area contributed by atoms with Crippen molar-refractivity contribution < 1.29 is 4.74 Å². The van der Waals surface area contributed by atoms with Crippen LogP contribution in [0.1, 0.15) is 31.9 Å². The molecular weight excluding hydrogens is 350 g/mol. The van der Waals surface area contributed by atoms with Gasteiger partial charge in [-0.3, -0.25) is 0 Å². The minimum Gasteiger partial charge on any atom is -0.487 e. The summed E-state index contributed by atoms with van der Waals surface area (Å²) in [4.78, 5) is 0. The van der Waals surface area contributed by atoms with Crippen LogP contribution < -0.4 is 10.1 Å². The van der Waals surface area contributed by atoms with Crippen LogP contribution in [0, 0.1) is 0 Å². The number of fused-ring (bicyclic) bond motifs is 1. The molecule has 2 aromatic rings. The topological polar surface area (TPSA) is 21.3 Å². The third-order valence-electron chi connectivity index (χ3n) is 3.64. The van der Waals surface area contributed by atoms with Crippen molar-refractivity contribution in [3.8, 4) is 5.75 Å². The number of anilines is 1. The quantitative estimate of drug-likeness (QED) is 0.723. The van der Waals surface area contributed by atoms with E-state index in [1.165, 1.54) is 5.56 Å². The van der Waals surface area contributed by atoms with Gasteiger partial charge >= 0.3 is 0 Å². The van der Waals surface area contributed by atoms with E-state index in [4.69, 9.17) is 16.3 Å². The molecule has 3 rings (SSSR count). The molecule has 0 fully saturated rings. The first-order chi connectivity index (χ1) is 9.94. The van der Waals surface area contributed by atoms with E-state index < -0.39 is 0 Å². The molecule has 2 nitrogen and oxygen atoms in total. The highest BCUT2D eigenvalue weighted by atomic mass is 79.9. The van der Waals surface area contributed by atoms with Gasteiger partial charge in [-0.05, 0) is 54.0 Å². The highest BCUT2D eigenvalue weighted by Crippen LogP contribution is 2.41. The van der Waals surface area contributed by atoms with Gasteiger partial charge in [0.05, 0.1) is 6.04 Å². The zero-order valence-corrected chi connectivity index (χ0v) is 14.3. The molecule has 0 saturated heterocycles. The van der Waals surface area contributed by atoms with Gasteiger partial charge < -0.3 is 10.1 Å². The molecule has 1 heterocycles. The summed E-state index contributed by atoms with van der Waals surface area (Å²) in [5, 5.41) is 4.32. The van der Waals surface area contributed by atoms with Crippen molar-refractivity contribution in [1.82, 2.24) is 0 Å². The van der Waals surface area contributed by atoms with E-state index in [2.05, 4.69) is 41.2 Å². The molecule has 2 aromatic carbocycles. The van der Waals surface area contributed by atoms with Crippen molar-refractivity contribution in [2.75, 3.05) is 5.32 Å². The molecule has 0 bridgehead atoms. The molecule has 4 heteroatoms. The van der Waals surface area contributed by atoms with E-state index >= 15 is 0 Å². The third-order valence-corrected chi connectivity index (χ3v) is 4.53. The largest absolute Gasteiger partial charge is 0.487 e. The molecule has 110 valence electrons. The van der Waals surface area contributed by atoms with Crippen molar-refractivity contribution in [1.29, 1.82) is 0 Å². The Balaban J connectivity index is 1.94. The maximum Gasteiger partial charge on any atom is 0.125 e. The van der Waals surface area contributed by atoms with Crippen LogP contribution in [-0.4, -0.2) is 5.60 Å². The normalized spacial score (nSPS) is 19.5. The van der Waals surface area contributed by atoms with Crippen molar-refractivity contribution >= 4 is 33.2 Å². The number of hydrogen-bond acceptors (Lipinski definition) is 2. The van der Waals surface area contributed by atoms with Gasteiger partial charge in [0.15, 0.2) is 0 Å². The predicted molar refractivity (Wildman–Crippen MR) is 91.3 cm³/mol. The van der Waals surface area contributed by atoms with Gasteiger partial charge in [-0.25, -0.2) is 0 Å². The van der Waals surface area contributed by atoms with Crippen LogP contribution in [0.3, 0.4) is 0 Å². The standard InChI is InChI=1S/C17H17BrClNO/c1-17(2)10-15(12-5-3-4-6-16(12)21-17)20-14-8-7-11(19)9-13(14)18/h3-9,15,20H,10H2,1-2H3. The predicted octanol–water partition coefficient (Wildman–Crippen LogP) is 5.82. The SMILES string of the molecule is CC1(C)CC(Nc2ccc(Cl)cc2Br)c2ccccc2O1. The Labute approximate surface area is 138 Å². The molecule has 1 atom stereocenters. The third kappa shape index (κ3) is 3.19. The summed E-state index contributed by atoms with van der Waals surface area (Å²) < 4.78 is 7.03. The molecular formula is C17H17BrClNO. The van der Waals surface area contributed by atoms with Crippen LogP contribution in [-0.2, 0) is 0 Å². The lowest BCUT2D eigenvalue weighted by molar-refractivity contribution is 0.0759. The van der Waals surface area contributed by atoms with E-state index in [0.717, 1.165) is 27.4 Å². The molecule has 0 aliphatic carbocycles. The lowest BCUT2D eigenvalue weighted by Crippen LogP contribution is -2.37. The minimum atomic E-state index is -0.190. The van der Waals surface area contributed by atoms with Crippen LogP contribution in [0.5, 0.6) is 5.75 Å². The summed E-state index contributed by atoms with van der Waals surface area (Å²) in [6.45, 7) is 4.24. The Morgan fingerprint density at radius 1 is 1.24 bits per heavy atom. The smallest absolute Gasteiger partial charge is 0.125 e. The second-order valence-electron chi connectivity index (χ2n) is 5.92. The summed E-state index contributed by atoms with van der Waals surface area (Å²) >= 11 is 9.57. The number of para-hydroxylation sites is 1. The van der Waals surface area contributed by atoms with E-state index in [9.17, 15) is 0 Å². The molecule has 0 saturated carbocycles. The van der Waals surface area contributed by atoms with Gasteiger partial charge in [-0.15, -0.1) is 0 Å². The fraction of sp³-hybridized carbons (Fsp3) is 0.294. The van der Waals surface area contributed by atoms with Gasteiger partial charge in [0.2, 0.25) is 0 Å². The zero-order valence-electron chi connectivity index (χ0n) is 12.0. The van der Waals surface area contributed by atoms with Crippen LogP contribution in [0.4, 0.5) is 5.69 Å². The van der Waals surface area contributed by atoms with Gasteiger partial charge in [-0.1, -0.05) is 29.8 Å². The van der Waals surface area contributed by atoms with E-state index in [1.54, 1.807) is 0 Å². The Morgan fingerprint density at radius 3 is 2.76 bits per heavy atom. The average Bonchev–Trinajstić information content (AvgIpc) is 2.40. The first-order valence-electron chi connectivity index (χ1n) is 6.94. The van der Waals surface area contributed by atoms with Gasteiger partial charge in [0.1, 0.15) is 11.4 Å². The summed E-state index contributed by atoms with van der Waals surface area (Å²) in [5.74, 6) is 0.955. The van der Waals surface area contributed by atoms with E-state index in [1.807, 2.05) is 36.4 Å².